The normalized spacial score (nSPS) is 14.4. The van der Waals surface area contributed by atoms with Gasteiger partial charge in [0.1, 0.15) is 6.61 Å². The highest BCUT2D eigenvalue weighted by atomic mass is 32.2. The van der Waals surface area contributed by atoms with E-state index in [-0.39, 0.29) is 29.9 Å². The van der Waals surface area contributed by atoms with Crippen molar-refractivity contribution >= 4 is 28.1 Å². The van der Waals surface area contributed by atoms with Crippen molar-refractivity contribution < 1.29 is 27.1 Å². The lowest BCUT2D eigenvalue weighted by atomic mass is 9.99. The van der Waals surface area contributed by atoms with Crippen LogP contribution in [0.25, 0.3) is 0 Å². The van der Waals surface area contributed by atoms with Gasteiger partial charge in [0.2, 0.25) is 0 Å². The molecule has 2 N–H and O–H groups in total. The topological polar surface area (TPSA) is 107 Å². The summed E-state index contributed by atoms with van der Waals surface area (Å²) in [5.74, 6) is 0.0836. The summed E-state index contributed by atoms with van der Waals surface area (Å²) < 4.78 is 45.8. The Balaban J connectivity index is 2.80. The molecule has 0 spiro atoms. The molecule has 0 aromatic heterocycles. The Morgan fingerprint density at radius 1 is 0.969 bits per heavy atom. The lowest BCUT2D eigenvalue weighted by molar-refractivity contribution is -0.144. The van der Waals surface area contributed by atoms with E-state index >= 15 is 0 Å². The van der Waals surface area contributed by atoms with Gasteiger partial charge in [0.15, 0.2) is 22.2 Å². The van der Waals surface area contributed by atoms with Crippen molar-refractivity contribution in [2.24, 2.45) is 0 Å². The Bertz CT molecular complexity index is 668. The molecule has 0 saturated carbocycles. The van der Waals surface area contributed by atoms with Gasteiger partial charge in [-0.25, -0.2) is 8.42 Å². The molecule has 0 aliphatic carbocycles. The fraction of sp³-hybridized carbons (Fsp3) is 0.682. The summed E-state index contributed by atoms with van der Waals surface area (Å²) >= 11 is -3.73. The van der Waals surface area contributed by atoms with Gasteiger partial charge in [-0.05, 0) is 51.0 Å². The van der Waals surface area contributed by atoms with Crippen LogP contribution in [0.4, 0.5) is 0 Å². The molecule has 0 aliphatic heterocycles. The number of likely N-dealkylation sites (N-methyl/N-ethyl adjacent to an activating group) is 1. The summed E-state index contributed by atoms with van der Waals surface area (Å²) in [7, 11) is 0. The van der Waals surface area contributed by atoms with E-state index in [1.165, 1.54) is 0 Å². The highest BCUT2D eigenvalue weighted by Crippen LogP contribution is 2.26. The van der Waals surface area contributed by atoms with Crippen molar-refractivity contribution in [1.29, 1.82) is 0 Å². The Labute approximate surface area is 197 Å². The third-order valence-corrected chi connectivity index (χ3v) is 6.62. The largest absolute Gasteiger partial charge is 0.464 e. The average Bonchev–Trinajstić information content (AvgIpc) is 2.76. The van der Waals surface area contributed by atoms with E-state index in [1.54, 1.807) is 0 Å². The van der Waals surface area contributed by atoms with Crippen LogP contribution in [-0.4, -0.2) is 84.1 Å². The van der Waals surface area contributed by atoms with Gasteiger partial charge in [-0.15, -0.1) is 0 Å². The summed E-state index contributed by atoms with van der Waals surface area (Å²) in [5.41, 5.74) is 1.04. The molecule has 1 rings (SSSR count). The van der Waals surface area contributed by atoms with E-state index in [1.807, 2.05) is 30.3 Å². The van der Waals surface area contributed by atoms with Gasteiger partial charge in [-0.1, -0.05) is 44.2 Å². The lowest BCUT2D eigenvalue weighted by Crippen LogP contribution is -2.33. The number of ether oxygens (including phenoxy) is 1. The molecular weight excluding hydrogens is 452 g/mol. The first-order valence-corrected chi connectivity index (χ1v) is 13.7. The third-order valence-electron chi connectivity index (χ3n) is 5.34. The van der Waals surface area contributed by atoms with Crippen molar-refractivity contribution in [3.05, 3.63) is 35.9 Å². The third kappa shape index (κ3) is 12.8. The van der Waals surface area contributed by atoms with Crippen molar-refractivity contribution in [3.8, 4) is 0 Å². The van der Waals surface area contributed by atoms with Gasteiger partial charge in [-0.2, -0.15) is 0 Å². The SMILES string of the molecule is CCN(CC)CCOC(=O)CCC(c1ccccc1)N(CCCS(=O)O)CCCS(=O)O. The van der Waals surface area contributed by atoms with E-state index in [4.69, 9.17) is 13.8 Å². The van der Waals surface area contributed by atoms with E-state index in [0.717, 1.165) is 18.7 Å². The summed E-state index contributed by atoms with van der Waals surface area (Å²) in [5, 5.41) is 0. The second-order valence-electron chi connectivity index (χ2n) is 7.51. The van der Waals surface area contributed by atoms with Crippen LogP contribution < -0.4 is 0 Å². The van der Waals surface area contributed by atoms with Crippen LogP contribution >= 0.6 is 0 Å². The van der Waals surface area contributed by atoms with E-state index in [0.29, 0.717) is 45.5 Å². The predicted octanol–water partition coefficient (Wildman–Crippen LogP) is 2.92. The minimum atomic E-state index is -1.87. The van der Waals surface area contributed by atoms with Crippen LogP contribution in [0.5, 0.6) is 0 Å². The highest BCUT2D eigenvalue weighted by Gasteiger charge is 2.22. The van der Waals surface area contributed by atoms with Gasteiger partial charge in [0.05, 0.1) is 11.5 Å². The molecule has 184 valence electrons. The number of carbonyl (C=O) groups excluding carboxylic acids is 1. The first-order valence-electron chi connectivity index (χ1n) is 11.2. The molecule has 1 aromatic carbocycles. The van der Waals surface area contributed by atoms with Crippen LogP contribution in [-0.2, 0) is 31.7 Å². The van der Waals surface area contributed by atoms with Gasteiger partial charge in [-0.3, -0.25) is 9.69 Å². The second-order valence-corrected chi connectivity index (χ2v) is 9.61. The Kier molecular flexibility index (Phi) is 15.6. The minimum absolute atomic E-state index is 0.0919. The molecule has 3 atom stereocenters. The summed E-state index contributed by atoms with van der Waals surface area (Å²) in [6.45, 7) is 8.16. The predicted molar refractivity (Wildman–Crippen MR) is 129 cm³/mol. The van der Waals surface area contributed by atoms with Gasteiger partial charge in [0, 0.05) is 19.0 Å². The molecule has 8 nitrogen and oxygen atoms in total. The number of hydrogen-bond acceptors (Lipinski definition) is 6. The molecule has 3 unspecified atom stereocenters. The molecule has 0 heterocycles. The maximum Gasteiger partial charge on any atom is 0.305 e. The molecule has 32 heavy (non-hydrogen) atoms. The molecule has 0 bridgehead atoms. The number of rotatable bonds is 18. The molecule has 10 heteroatoms. The van der Waals surface area contributed by atoms with Crippen LogP contribution in [0.3, 0.4) is 0 Å². The van der Waals surface area contributed by atoms with Gasteiger partial charge < -0.3 is 18.7 Å². The second kappa shape index (κ2) is 17.3. The zero-order valence-corrected chi connectivity index (χ0v) is 20.8. The Morgan fingerprint density at radius 3 is 2.03 bits per heavy atom. The summed E-state index contributed by atoms with van der Waals surface area (Å²) in [6, 6.07) is 9.71. The van der Waals surface area contributed by atoms with Crippen LogP contribution in [0, 0.1) is 0 Å². The number of benzene rings is 1. The minimum Gasteiger partial charge on any atom is -0.464 e. The van der Waals surface area contributed by atoms with Crippen molar-refractivity contribution in [2.45, 2.75) is 45.6 Å². The van der Waals surface area contributed by atoms with Gasteiger partial charge >= 0.3 is 5.97 Å². The number of nitrogens with zero attached hydrogens (tertiary/aromatic N) is 2. The van der Waals surface area contributed by atoms with Crippen molar-refractivity contribution in [3.63, 3.8) is 0 Å². The molecule has 0 aliphatic rings. The smallest absolute Gasteiger partial charge is 0.305 e. The Morgan fingerprint density at radius 2 is 1.53 bits per heavy atom. The summed E-state index contributed by atoms with van der Waals surface area (Å²) in [6.07, 6.45) is 1.83. The quantitative estimate of drug-likeness (QED) is 0.239. The number of carbonyl (C=O) groups is 1. The van der Waals surface area contributed by atoms with Crippen LogP contribution in [0.1, 0.15) is 51.1 Å². The zero-order chi connectivity index (χ0) is 23.8. The molecule has 0 saturated heterocycles. The van der Waals surface area contributed by atoms with Crippen LogP contribution in [0.2, 0.25) is 0 Å². The number of hydrogen-bond donors (Lipinski definition) is 2. The maximum absolute atomic E-state index is 12.4. The van der Waals surface area contributed by atoms with Crippen LogP contribution in [0.15, 0.2) is 30.3 Å². The molecule has 0 fully saturated rings. The van der Waals surface area contributed by atoms with E-state index < -0.39 is 22.2 Å². The van der Waals surface area contributed by atoms with E-state index in [2.05, 4.69) is 23.6 Å². The molecule has 0 amide bonds. The first kappa shape index (κ1) is 28.9. The number of esters is 1. The van der Waals surface area contributed by atoms with Gasteiger partial charge in [0.25, 0.3) is 0 Å². The average molecular weight is 491 g/mol. The van der Waals surface area contributed by atoms with Crippen molar-refractivity contribution in [1.82, 2.24) is 9.80 Å². The fourth-order valence-corrected chi connectivity index (χ4v) is 4.35. The standard InChI is InChI=1S/C22H38N2O6S2/c1-3-23(4-2)16-17-30-22(25)13-12-21(20-10-6-5-7-11-20)24(14-8-18-31(26)27)15-9-19-32(28)29/h5-7,10-11,21H,3-4,8-9,12-19H2,1-2H3,(H,26,27)(H,28,29). The lowest BCUT2D eigenvalue weighted by Gasteiger charge is -2.32. The molecule has 0 radical (unpaired) electrons. The maximum atomic E-state index is 12.4. The monoisotopic (exact) mass is 490 g/mol. The fourth-order valence-electron chi connectivity index (χ4n) is 3.60. The first-order chi connectivity index (χ1) is 15.4. The zero-order valence-electron chi connectivity index (χ0n) is 19.2. The molecule has 1 aromatic rings. The summed E-state index contributed by atoms with van der Waals surface area (Å²) in [4.78, 5) is 16.7. The Hall–Kier alpha value is -1.17. The van der Waals surface area contributed by atoms with E-state index in [9.17, 15) is 13.2 Å². The van der Waals surface area contributed by atoms with Crippen molar-refractivity contribution in [2.75, 3.05) is 50.8 Å². The highest BCUT2D eigenvalue weighted by molar-refractivity contribution is 7.79. The molecular formula is C22H38N2O6S2.